The number of rotatable bonds is 5. The molecule has 0 amide bonds. The van der Waals surface area contributed by atoms with Gasteiger partial charge in [-0.05, 0) is 37.0 Å². The molecule has 2 aliphatic carbocycles. The highest BCUT2D eigenvalue weighted by atomic mass is 19.4. The summed E-state index contributed by atoms with van der Waals surface area (Å²) in [5.41, 5.74) is -1.11. The van der Waals surface area contributed by atoms with Crippen molar-refractivity contribution in [2.24, 2.45) is 17.8 Å². The van der Waals surface area contributed by atoms with Crippen LogP contribution in [-0.2, 0) is 10.9 Å². The lowest BCUT2D eigenvalue weighted by Gasteiger charge is -2.43. The average molecular weight is 429 g/mol. The van der Waals surface area contributed by atoms with Crippen LogP contribution in [0, 0.1) is 17.8 Å². The normalized spacial score (nSPS) is 35.6. The first-order chi connectivity index (χ1) is 14.3. The summed E-state index contributed by atoms with van der Waals surface area (Å²) in [6, 6.07) is -0.760. The standard InChI is InChI=1S/C21H30F3N3O3/c22-21(23,24)16-9-25-10-17(27-16)26-15-11-30-20(19(29)18(15)28)14-6-4-13(5-7-14)8-12-2-1-3-12/h9-10,12-15,18-20,28-29H,1-8,11H2,(H,26,27)/t13?,14?,15-,18?,19?,20?/m0/s1. The highest BCUT2D eigenvalue weighted by Crippen LogP contribution is 2.41. The van der Waals surface area contributed by atoms with Crippen LogP contribution in [0.15, 0.2) is 12.4 Å². The van der Waals surface area contributed by atoms with Gasteiger partial charge in [-0.25, -0.2) is 4.98 Å². The van der Waals surface area contributed by atoms with Crippen molar-refractivity contribution in [3.63, 3.8) is 0 Å². The van der Waals surface area contributed by atoms with Crippen LogP contribution in [-0.4, -0.2) is 51.1 Å². The second kappa shape index (κ2) is 8.96. The van der Waals surface area contributed by atoms with Gasteiger partial charge in [0.05, 0.1) is 31.1 Å². The first-order valence-electron chi connectivity index (χ1n) is 10.9. The van der Waals surface area contributed by atoms with Crippen molar-refractivity contribution in [1.29, 1.82) is 0 Å². The van der Waals surface area contributed by atoms with Crippen LogP contribution >= 0.6 is 0 Å². The van der Waals surface area contributed by atoms with Crippen molar-refractivity contribution in [2.75, 3.05) is 11.9 Å². The van der Waals surface area contributed by atoms with Gasteiger partial charge in [-0.2, -0.15) is 13.2 Å². The van der Waals surface area contributed by atoms with E-state index in [1.165, 1.54) is 25.7 Å². The summed E-state index contributed by atoms with van der Waals surface area (Å²) in [5.74, 6) is 1.74. The molecule has 9 heteroatoms. The van der Waals surface area contributed by atoms with Gasteiger partial charge in [0.25, 0.3) is 0 Å². The lowest BCUT2D eigenvalue weighted by molar-refractivity contribution is -0.164. The molecular weight excluding hydrogens is 399 g/mol. The maximum Gasteiger partial charge on any atom is 0.434 e. The van der Waals surface area contributed by atoms with Crippen LogP contribution in [0.3, 0.4) is 0 Å². The van der Waals surface area contributed by atoms with Gasteiger partial charge < -0.3 is 20.3 Å². The number of halogens is 3. The van der Waals surface area contributed by atoms with E-state index in [-0.39, 0.29) is 18.3 Å². The number of hydrogen-bond acceptors (Lipinski definition) is 6. The molecule has 1 aromatic rings. The number of nitrogens with one attached hydrogen (secondary N) is 1. The zero-order chi connectivity index (χ0) is 21.3. The minimum absolute atomic E-state index is 0.0861. The molecule has 3 fully saturated rings. The molecule has 2 heterocycles. The monoisotopic (exact) mass is 429 g/mol. The van der Waals surface area contributed by atoms with Crippen molar-refractivity contribution in [3.05, 3.63) is 18.1 Å². The van der Waals surface area contributed by atoms with E-state index in [1.54, 1.807) is 0 Å². The van der Waals surface area contributed by atoms with Gasteiger partial charge in [0.1, 0.15) is 18.0 Å². The van der Waals surface area contributed by atoms with Crippen LogP contribution in [0.25, 0.3) is 0 Å². The van der Waals surface area contributed by atoms with Gasteiger partial charge in [-0.15, -0.1) is 0 Å². The smallest absolute Gasteiger partial charge is 0.388 e. The van der Waals surface area contributed by atoms with Gasteiger partial charge in [0.2, 0.25) is 0 Å². The third kappa shape index (κ3) is 4.89. The number of ether oxygens (including phenoxy) is 1. The highest BCUT2D eigenvalue weighted by molar-refractivity contribution is 5.34. The second-order valence-electron chi connectivity index (χ2n) is 9.13. The van der Waals surface area contributed by atoms with Crippen molar-refractivity contribution >= 4 is 5.82 Å². The van der Waals surface area contributed by atoms with Gasteiger partial charge in [0, 0.05) is 0 Å². The Morgan fingerprint density at radius 1 is 1.00 bits per heavy atom. The van der Waals surface area contributed by atoms with Crippen LogP contribution in [0.1, 0.15) is 57.1 Å². The van der Waals surface area contributed by atoms with E-state index in [4.69, 9.17) is 4.74 Å². The van der Waals surface area contributed by atoms with Gasteiger partial charge in [-0.1, -0.05) is 32.1 Å². The van der Waals surface area contributed by atoms with E-state index in [1.807, 2.05) is 0 Å². The molecule has 30 heavy (non-hydrogen) atoms. The minimum Gasteiger partial charge on any atom is -0.388 e. The summed E-state index contributed by atoms with van der Waals surface area (Å²) in [6.45, 7) is 0.0861. The van der Waals surface area contributed by atoms with Gasteiger partial charge in [-0.3, -0.25) is 4.98 Å². The van der Waals surface area contributed by atoms with Gasteiger partial charge in [0.15, 0.2) is 5.69 Å². The summed E-state index contributed by atoms with van der Waals surface area (Å²) >= 11 is 0. The predicted molar refractivity (Wildman–Crippen MR) is 104 cm³/mol. The molecule has 3 unspecified atom stereocenters. The highest BCUT2D eigenvalue weighted by Gasteiger charge is 2.43. The number of nitrogens with zero attached hydrogens (tertiary/aromatic N) is 2. The molecule has 4 rings (SSSR count). The molecular formula is C21H30F3N3O3. The van der Waals surface area contributed by atoms with Gasteiger partial charge >= 0.3 is 6.18 Å². The maximum absolute atomic E-state index is 12.8. The minimum atomic E-state index is -4.60. The van der Waals surface area contributed by atoms with Crippen LogP contribution < -0.4 is 5.32 Å². The lowest BCUT2D eigenvalue weighted by Crippen LogP contribution is -2.58. The average Bonchev–Trinajstić information content (AvgIpc) is 2.69. The van der Waals surface area contributed by atoms with E-state index in [0.717, 1.165) is 43.7 Å². The summed E-state index contributed by atoms with van der Waals surface area (Å²) < 4.78 is 44.3. The van der Waals surface area contributed by atoms with E-state index in [0.29, 0.717) is 6.20 Å². The molecule has 1 aromatic heterocycles. The Morgan fingerprint density at radius 2 is 1.70 bits per heavy atom. The summed E-state index contributed by atoms with van der Waals surface area (Å²) in [5, 5.41) is 24.0. The first-order valence-corrected chi connectivity index (χ1v) is 10.9. The molecule has 3 aliphatic rings. The van der Waals surface area contributed by atoms with E-state index >= 15 is 0 Å². The fourth-order valence-electron chi connectivity index (χ4n) is 5.10. The fraction of sp³-hybridized carbons (Fsp3) is 0.810. The zero-order valence-corrected chi connectivity index (χ0v) is 16.9. The maximum atomic E-state index is 12.8. The van der Waals surface area contributed by atoms with Crippen molar-refractivity contribution in [2.45, 2.75) is 81.9 Å². The Balaban J connectivity index is 1.30. The number of aliphatic hydroxyl groups excluding tert-OH is 2. The molecule has 0 bridgehead atoms. The summed E-state index contributed by atoms with van der Waals surface area (Å²) in [7, 11) is 0. The molecule has 4 atom stereocenters. The third-order valence-corrected chi connectivity index (χ3v) is 7.07. The zero-order valence-electron chi connectivity index (χ0n) is 16.9. The fourth-order valence-corrected chi connectivity index (χ4v) is 5.10. The van der Waals surface area contributed by atoms with Crippen molar-refractivity contribution in [3.8, 4) is 0 Å². The number of anilines is 1. The number of aromatic nitrogens is 2. The Morgan fingerprint density at radius 3 is 2.33 bits per heavy atom. The second-order valence-corrected chi connectivity index (χ2v) is 9.13. The molecule has 0 aromatic carbocycles. The first kappa shape index (κ1) is 21.8. The topological polar surface area (TPSA) is 87.5 Å². The number of alkyl halides is 3. The molecule has 168 valence electrons. The molecule has 0 spiro atoms. The van der Waals surface area contributed by atoms with Crippen LogP contribution in [0.2, 0.25) is 0 Å². The largest absolute Gasteiger partial charge is 0.434 e. The summed E-state index contributed by atoms with van der Waals surface area (Å²) in [4.78, 5) is 7.06. The molecule has 1 saturated heterocycles. The third-order valence-electron chi connectivity index (χ3n) is 7.07. The van der Waals surface area contributed by atoms with Crippen molar-refractivity contribution < 1.29 is 28.1 Å². The van der Waals surface area contributed by atoms with E-state index in [9.17, 15) is 23.4 Å². The molecule has 2 saturated carbocycles. The quantitative estimate of drug-likeness (QED) is 0.665. The Bertz CT molecular complexity index is 708. The molecule has 0 radical (unpaired) electrons. The lowest BCUT2D eigenvalue weighted by atomic mass is 9.71. The Labute approximate surface area is 174 Å². The predicted octanol–water partition coefficient (Wildman–Crippen LogP) is 3.39. The Kier molecular flexibility index (Phi) is 6.50. The number of aliphatic hydroxyl groups is 2. The van der Waals surface area contributed by atoms with E-state index in [2.05, 4.69) is 15.3 Å². The van der Waals surface area contributed by atoms with Crippen molar-refractivity contribution in [1.82, 2.24) is 9.97 Å². The SMILES string of the molecule is OC1C(C2CCC(CC3CCC3)CC2)OC[C@H](Nc2cncc(C(F)(F)F)n2)C1O. The van der Waals surface area contributed by atoms with Crippen LogP contribution in [0.4, 0.5) is 19.0 Å². The molecule has 6 nitrogen and oxygen atoms in total. The van der Waals surface area contributed by atoms with E-state index < -0.39 is 36.2 Å². The van der Waals surface area contributed by atoms with Crippen LogP contribution in [0.5, 0.6) is 0 Å². The molecule has 1 aliphatic heterocycles. The number of hydrogen-bond donors (Lipinski definition) is 3. The summed E-state index contributed by atoms with van der Waals surface area (Å²) in [6.07, 6.45) is 4.11. The molecule has 3 N–H and O–H groups in total. The Hall–Kier alpha value is -1.45.